The highest BCUT2D eigenvalue weighted by molar-refractivity contribution is 7.22. The first kappa shape index (κ1) is 12.7. The third kappa shape index (κ3) is 2.28. The number of benzene rings is 1. The molecule has 0 amide bonds. The molecule has 2 aromatic heterocycles. The van der Waals surface area contributed by atoms with Crippen molar-refractivity contribution < 1.29 is 13.9 Å². The molecule has 0 atom stereocenters. The van der Waals surface area contributed by atoms with Gasteiger partial charge in [0.2, 0.25) is 0 Å². The van der Waals surface area contributed by atoms with Gasteiger partial charge >= 0.3 is 5.97 Å². The Morgan fingerprint density at radius 2 is 2.00 bits per heavy atom. The molecular formula is C15H10FNO2S. The lowest BCUT2D eigenvalue weighted by Gasteiger charge is -2.04. The maximum atomic E-state index is 13.0. The summed E-state index contributed by atoms with van der Waals surface area (Å²) in [5.74, 6) is -0.212. The molecule has 3 aromatic rings. The number of aromatic nitrogens is 1. The molecule has 0 saturated carbocycles. The third-order valence-electron chi connectivity index (χ3n) is 2.77. The van der Waals surface area contributed by atoms with Crippen molar-refractivity contribution >= 4 is 27.5 Å². The van der Waals surface area contributed by atoms with Crippen LogP contribution in [-0.4, -0.2) is 11.0 Å². The second-order valence-electron chi connectivity index (χ2n) is 4.22. The zero-order valence-electron chi connectivity index (χ0n) is 10.6. The standard InChI is InChI=1S/C15H10FNO2S/c1-9(18)19-13-12-3-2-8-17-15(12)20-14(13)10-4-6-11(16)7-5-10/h2-8H,1H3. The van der Waals surface area contributed by atoms with E-state index in [2.05, 4.69) is 4.98 Å². The molecule has 0 aliphatic rings. The third-order valence-corrected chi connectivity index (χ3v) is 3.92. The van der Waals surface area contributed by atoms with Crippen molar-refractivity contribution in [2.45, 2.75) is 6.92 Å². The van der Waals surface area contributed by atoms with Gasteiger partial charge in [-0.1, -0.05) is 12.1 Å². The van der Waals surface area contributed by atoms with Crippen molar-refractivity contribution in [3.63, 3.8) is 0 Å². The summed E-state index contributed by atoms with van der Waals surface area (Å²) in [5, 5.41) is 0.784. The summed E-state index contributed by atoms with van der Waals surface area (Å²) in [6.45, 7) is 1.36. The number of carbonyl (C=O) groups excluding carboxylic acids is 1. The molecule has 0 spiro atoms. The van der Waals surface area contributed by atoms with Gasteiger partial charge in [-0.25, -0.2) is 9.37 Å². The number of nitrogens with zero attached hydrogens (tertiary/aromatic N) is 1. The largest absolute Gasteiger partial charge is 0.424 e. The van der Waals surface area contributed by atoms with Gasteiger partial charge < -0.3 is 4.74 Å². The van der Waals surface area contributed by atoms with Crippen LogP contribution in [0.25, 0.3) is 20.7 Å². The summed E-state index contributed by atoms with van der Waals surface area (Å²) in [7, 11) is 0. The quantitative estimate of drug-likeness (QED) is 0.668. The van der Waals surface area contributed by atoms with Gasteiger partial charge in [-0.15, -0.1) is 11.3 Å². The smallest absolute Gasteiger partial charge is 0.308 e. The minimum atomic E-state index is -0.392. The molecule has 1 aromatic carbocycles. The molecule has 3 rings (SSSR count). The average molecular weight is 287 g/mol. The normalized spacial score (nSPS) is 10.7. The molecule has 0 N–H and O–H groups in total. The van der Waals surface area contributed by atoms with Crippen LogP contribution < -0.4 is 4.74 Å². The Kier molecular flexibility index (Phi) is 3.20. The summed E-state index contributed by atoms with van der Waals surface area (Å²) in [4.78, 5) is 17.1. The number of hydrogen-bond donors (Lipinski definition) is 0. The van der Waals surface area contributed by atoms with Gasteiger partial charge in [-0.05, 0) is 29.8 Å². The van der Waals surface area contributed by atoms with Crippen molar-refractivity contribution in [3.05, 3.63) is 48.4 Å². The summed E-state index contributed by atoms with van der Waals surface area (Å²) in [6, 6.07) is 9.72. The minimum Gasteiger partial charge on any atom is -0.424 e. The van der Waals surface area contributed by atoms with E-state index >= 15 is 0 Å². The Hall–Kier alpha value is -2.27. The predicted molar refractivity (Wildman–Crippen MR) is 76.3 cm³/mol. The number of thiophene rings is 1. The van der Waals surface area contributed by atoms with E-state index in [0.29, 0.717) is 5.75 Å². The number of pyridine rings is 1. The van der Waals surface area contributed by atoms with Crippen LogP contribution in [0.15, 0.2) is 42.6 Å². The molecular weight excluding hydrogens is 277 g/mol. The van der Waals surface area contributed by atoms with Crippen LogP contribution in [0.4, 0.5) is 4.39 Å². The van der Waals surface area contributed by atoms with E-state index in [1.807, 2.05) is 6.07 Å². The fourth-order valence-electron chi connectivity index (χ4n) is 1.95. The Morgan fingerprint density at radius 3 is 2.70 bits per heavy atom. The van der Waals surface area contributed by atoms with Crippen molar-refractivity contribution in [3.8, 4) is 16.2 Å². The van der Waals surface area contributed by atoms with Crippen LogP contribution in [0.3, 0.4) is 0 Å². The summed E-state index contributed by atoms with van der Waals surface area (Å²) >= 11 is 1.41. The van der Waals surface area contributed by atoms with E-state index in [1.54, 1.807) is 24.4 Å². The van der Waals surface area contributed by atoms with Gasteiger partial charge in [0.1, 0.15) is 10.6 Å². The molecule has 0 fully saturated rings. The first-order valence-corrected chi connectivity index (χ1v) is 6.78. The highest BCUT2D eigenvalue weighted by Crippen LogP contribution is 2.43. The molecule has 2 heterocycles. The van der Waals surface area contributed by atoms with E-state index in [-0.39, 0.29) is 5.82 Å². The van der Waals surface area contributed by atoms with Gasteiger partial charge in [0.15, 0.2) is 5.75 Å². The fraction of sp³-hybridized carbons (Fsp3) is 0.0667. The van der Waals surface area contributed by atoms with Crippen LogP contribution in [0.2, 0.25) is 0 Å². The average Bonchev–Trinajstić information content (AvgIpc) is 2.78. The molecule has 0 aliphatic heterocycles. The molecule has 20 heavy (non-hydrogen) atoms. The van der Waals surface area contributed by atoms with Crippen LogP contribution in [0.5, 0.6) is 5.75 Å². The molecule has 0 aliphatic carbocycles. The van der Waals surface area contributed by atoms with E-state index in [1.165, 1.54) is 30.4 Å². The maximum Gasteiger partial charge on any atom is 0.308 e. The van der Waals surface area contributed by atoms with Crippen LogP contribution in [-0.2, 0) is 4.79 Å². The van der Waals surface area contributed by atoms with E-state index < -0.39 is 5.97 Å². The molecule has 0 saturated heterocycles. The summed E-state index contributed by atoms with van der Waals surface area (Å²) in [6.07, 6.45) is 1.69. The molecule has 0 radical (unpaired) electrons. The monoisotopic (exact) mass is 287 g/mol. The molecule has 0 unspecified atom stereocenters. The van der Waals surface area contributed by atoms with Crippen LogP contribution in [0, 0.1) is 5.82 Å². The minimum absolute atomic E-state index is 0.304. The van der Waals surface area contributed by atoms with Crippen molar-refractivity contribution in [1.82, 2.24) is 4.98 Å². The lowest BCUT2D eigenvalue weighted by atomic mass is 10.1. The first-order valence-electron chi connectivity index (χ1n) is 5.97. The first-order chi connectivity index (χ1) is 9.65. The maximum absolute atomic E-state index is 13.0. The number of esters is 1. The van der Waals surface area contributed by atoms with Gasteiger partial charge in [0, 0.05) is 13.1 Å². The molecule has 5 heteroatoms. The molecule has 100 valence electrons. The van der Waals surface area contributed by atoms with Gasteiger partial charge in [-0.3, -0.25) is 4.79 Å². The second-order valence-corrected chi connectivity index (χ2v) is 5.22. The van der Waals surface area contributed by atoms with Gasteiger partial charge in [-0.2, -0.15) is 0 Å². The topological polar surface area (TPSA) is 39.2 Å². The van der Waals surface area contributed by atoms with E-state index in [9.17, 15) is 9.18 Å². The van der Waals surface area contributed by atoms with Crippen LogP contribution >= 0.6 is 11.3 Å². The van der Waals surface area contributed by atoms with Crippen molar-refractivity contribution in [2.75, 3.05) is 0 Å². The van der Waals surface area contributed by atoms with Crippen molar-refractivity contribution in [1.29, 1.82) is 0 Å². The lowest BCUT2D eigenvalue weighted by molar-refractivity contribution is -0.131. The molecule has 3 nitrogen and oxygen atoms in total. The number of carbonyl (C=O) groups is 1. The highest BCUT2D eigenvalue weighted by Gasteiger charge is 2.17. The van der Waals surface area contributed by atoms with Crippen LogP contribution in [0.1, 0.15) is 6.92 Å². The SMILES string of the molecule is CC(=O)Oc1c(-c2ccc(F)cc2)sc2ncccc12. The Bertz CT molecular complexity index is 780. The highest BCUT2D eigenvalue weighted by atomic mass is 32.1. The number of rotatable bonds is 2. The van der Waals surface area contributed by atoms with E-state index in [4.69, 9.17) is 4.74 Å². The predicted octanol–water partition coefficient (Wildman–Crippen LogP) is 4.03. The zero-order valence-corrected chi connectivity index (χ0v) is 11.4. The Morgan fingerprint density at radius 1 is 1.25 bits per heavy atom. The number of fused-ring (bicyclic) bond motifs is 1. The Labute approximate surface area is 118 Å². The molecule has 0 bridgehead atoms. The summed E-state index contributed by atoms with van der Waals surface area (Å²) < 4.78 is 18.3. The number of halogens is 1. The van der Waals surface area contributed by atoms with Gasteiger partial charge in [0.05, 0.1) is 10.3 Å². The zero-order chi connectivity index (χ0) is 14.1. The fourth-order valence-corrected chi connectivity index (χ4v) is 3.02. The number of hydrogen-bond acceptors (Lipinski definition) is 4. The number of ether oxygens (including phenoxy) is 1. The Balaban J connectivity index is 2.23. The van der Waals surface area contributed by atoms with Crippen molar-refractivity contribution in [2.24, 2.45) is 0 Å². The second kappa shape index (κ2) is 5.02. The van der Waals surface area contributed by atoms with E-state index in [0.717, 1.165) is 20.7 Å². The van der Waals surface area contributed by atoms with Gasteiger partial charge in [0.25, 0.3) is 0 Å². The summed E-state index contributed by atoms with van der Waals surface area (Å²) in [5.41, 5.74) is 0.797. The lowest BCUT2D eigenvalue weighted by Crippen LogP contribution is -2.01.